The lowest BCUT2D eigenvalue weighted by Gasteiger charge is -2.14. The second-order valence-corrected chi connectivity index (χ2v) is 6.40. The predicted octanol–water partition coefficient (Wildman–Crippen LogP) is 2.64. The average molecular weight is 331 g/mol. The molecule has 3 rings (SSSR count). The van der Waals surface area contributed by atoms with E-state index in [1.807, 2.05) is 24.3 Å². The first-order chi connectivity index (χ1) is 11.3. The highest BCUT2D eigenvalue weighted by Gasteiger charge is 2.15. The van der Waals surface area contributed by atoms with Crippen LogP contribution in [0.5, 0.6) is 5.75 Å². The fourth-order valence-electron chi connectivity index (χ4n) is 2.75. The minimum atomic E-state index is -0.110. The van der Waals surface area contributed by atoms with Gasteiger partial charge in [0.25, 0.3) is 5.91 Å². The lowest BCUT2D eigenvalue weighted by Crippen LogP contribution is -2.33. The highest BCUT2D eigenvalue weighted by molar-refractivity contribution is 7.13. The Kier molecular flexibility index (Phi) is 5.25. The molecule has 2 aromatic rings. The third-order valence-corrected chi connectivity index (χ3v) is 4.86. The topological polar surface area (TPSA) is 54.5 Å². The average Bonchev–Trinajstić information content (AvgIpc) is 3.26. The van der Waals surface area contributed by atoms with Crippen molar-refractivity contribution < 1.29 is 9.53 Å². The summed E-state index contributed by atoms with van der Waals surface area (Å²) in [6, 6.07) is 7.70. The van der Waals surface area contributed by atoms with Crippen molar-refractivity contribution in [3.63, 3.8) is 0 Å². The molecule has 5 nitrogen and oxygen atoms in total. The van der Waals surface area contributed by atoms with Crippen LogP contribution in [0.25, 0.3) is 10.6 Å². The van der Waals surface area contributed by atoms with E-state index in [9.17, 15) is 4.79 Å². The Hall–Kier alpha value is -1.92. The van der Waals surface area contributed by atoms with E-state index in [0.29, 0.717) is 12.2 Å². The largest absolute Gasteiger partial charge is 0.496 e. The van der Waals surface area contributed by atoms with Gasteiger partial charge in [-0.15, -0.1) is 11.3 Å². The summed E-state index contributed by atoms with van der Waals surface area (Å²) in [5.41, 5.74) is 1.38. The smallest absolute Gasteiger partial charge is 0.270 e. The molecule has 1 amide bonds. The summed E-state index contributed by atoms with van der Waals surface area (Å²) in [4.78, 5) is 19.0. The molecule has 1 aliphatic heterocycles. The number of nitrogens with zero attached hydrogens (tertiary/aromatic N) is 2. The van der Waals surface area contributed by atoms with Gasteiger partial charge in [0.05, 0.1) is 12.7 Å². The zero-order chi connectivity index (χ0) is 16.1. The Morgan fingerprint density at radius 1 is 1.35 bits per heavy atom. The molecule has 1 saturated heterocycles. The SMILES string of the molecule is COc1ccccc1-c1nc(C(=O)NCCN2CCCC2)cs1. The predicted molar refractivity (Wildman–Crippen MR) is 92.1 cm³/mol. The minimum absolute atomic E-state index is 0.110. The van der Waals surface area contributed by atoms with Gasteiger partial charge in [0.15, 0.2) is 0 Å². The van der Waals surface area contributed by atoms with Gasteiger partial charge in [-0.1, -0.05) is 12.1 Å². The van der Waals surface area contributed by atoms with Crippen molar-refractivity contribution in [3.05, 3.63) is 35.3 Å². The molecule has 0 bridgehead atoms. The quantitative estimate of drug-likeness (QED) is 0.884. The maximum atomic E-state index is 12.2. The fraction of sp³-hybridized carbons (Fsp3) is 0.412. The number of rotatable bonds is 6. The summed E-state index contributed by atoms with van der Waals surface area (Å²) >= 11 is 1.46. The van der Waals surface area contributed by atoms with Crippen LogP contribution >= 0.6 is 11.3 Å². The van der Waals surface area contributed by atoms with E-state index in [2.05, 4.69) is 15.2 Å². The number of likely N-dealkylation sites (tertiary alicyclic amines) is 1. The number of hydrogen-bond acceptors (Lipinski definition) is 5. The van der Waals surface area contributed by atoms with E-state index >= 15 is 0 Å². The van der Waals surface area contributed by atoms with Crippen LogP contribution in [-0.2, 0) is 0 Å². The summed E-state index contributed by atoms with van der Waals surface area (Å²) < 4.78 is 5.35. The van der Waals surface area contributed by atoms with Crippen LogP contribution in [0.4, 0.5) is 0 Å². The number of ether oxygens (including phenoxy) is 1. The number of methoxy groups -OCH3 is 1. The fourth-order valence-corrected chi connectivity index (χ4v) is 3.58. The van der Waals surface area contributed by atoms with Gasteiger partial charge < -0.3 is 15.0 Å². The normalized spacial score (nSPS) is 14.8. The molecular weight excluding hydrogens is 310 g/mol. The molecule has 0 aliphatic carbocycles. The zero-order valence-corrected chi connectivity index (χ0v) is 14.1. The van der Waals surface area contributed by atoms with Gasteiger partial charge in [0, 0.05) is 18.5 Å². The van der Waals surface area contributed by atoms with Crippen molar-refractivity contribution in [1.29, 1.82) is 0 Å². The first kappa shape index (κ1) is 16.0. The van der Waals surface area contributed by atoms with Crippen LogP contribution in [0, 0.1) is 0 Å². The van der Waals surface area contributed by atoms with E-state index in [4.69, 9.17) is 4.74 Å². The van der Waals surface area contributed by atoms with E-state index in [1.165, 1.54) is 24.2 Å². The molecule has 0 spiro atoms. The monoisotopic (exact) mass is 331 g/mol. The number of nitrogens with one attached hydrogen (secondary N) is 1. The van der Waals surface area contributed by atoms with Gasteiger partial charge in [-0.05, 0) is 38.1 Å². The lowest BCUT2D eigenvalue weighted by molar-refractivity contribution is 0.0945. The van der Waals surface area contributed by atoms with Crippen LogP contribution in [0.3, 0.4) is 0 Å². The highest BCUT2D eigenvalue weighted by atomic mass is 32.1. The molecule has 1 aromatic heterocycles. The molecule has 0 radical (unpaired) electrons. The molecule has 1 aliphatic rings. The molecule has 6 heteroatoms. The zero-order valence-electron chi connectivity index (χ0n) is 13.2. The maximum absolute atomic E-state index is 12.2. The van der Waals surface area contributed by atoms with Crippen molar-refractivity contribution in [1.82, 2.24) is 15.2 Å². The van der Waals surface area contributed by atoms with Gasteiger partial charge in [0.2, 0.25) is 0 Å². The molecular formula is C17H21N3O2S. The van der Waals surface area contributed by atoms with Crippen LogP contribution in [0.1, 0.15) is 23.3 Å². The summed E-state index contributed by atoms with van der Waals surface area (Å²) in [7, 11) is 1.64. The molecule has 0 atom stereocenters. The molecule has 1 N–H and O–H groups in total. The summed E-state index contributed by atoms with van der Waals surface area (Å²) in [5, 5.41) is 5.55. The Morgan fingerprint density at radius 3 is 2.91 bits per heavy atom. The third-order valence-electron chi connectivity index (χ3n) is 3.99. The van der Waals surface area contributed by atoms with Crippen molar-refractivity contribution >= 4 is 17.2 Å². The number of amides is 1. The number of thiazole rings is 1. The first-order valence-electron chi connectivity index (χ1n) is 7.87. The molecule has 1 aromatic carbocycles. The first-order valence-corrected chi connectivity index (χ1v) is 8.75. The van der Waals surface area contributed by atoms with Gasteiger partial charge >= 0.3 is 0 Å². The van der Waals surface area contributed by atoms with Gasteiger partial charge in [-0.3, -0.25) is 4.79 Å². The van der Waals surface area contributed by atoms with Gasteiger partial charge in [0.1, 0.15) is 16.5 Å². The molecule has 2 heterocycles. The van der Waals surface area contributed by atoms with Gasteiger partial charge in [-0.2, -0.15) is 0 Å². The Balaban J connectivity index is 1.60. The maximum Gasteiger partial charge on any atom is 0.270 e. The summed E-state index contributed by atoms with van der Waals surface area (Å²) in [6.45, 7) is 3.87. The van der Waals surface area contributed by atoms with Crippen molar-refractivity contribution in [2.45, 2.75) is 12.8 Å². The van der Waals surface area contributed by atoms with E-state index < -0.39 is 0 Å². The van der Waals surface area contributed by atoms with E-state index in [-0.39, 0.29) is 5.91 Å². The molecule has 23 heavy (non-hydrogen) atoms. The lowest BCUT2D eigenvalue weighted by atomic mass is 10.2. The molecule has 122 valence electrons. The van der Waals surface area contributed by atoms with Crippen LogP contribution < -0.4 is 10.1 Å². The van der Waals surface area contributed by atoms with Crippen LogP contribution in [0.15, 0.2) is 29.6 Å². The molecule has 0 unspecified atom stereocenters. The minimum Gasteiger partial charge on any atom is -0.496 e. The summed E-state index contributed by atoms with van der Waals surface area (Å²) in [5.74, 6) is 0.657. The Labute approximate surface area is 140 Å². The van der Waals surface area contributed by atoms with Gasteiger partial charge in [-0.25, -0.2) is 4.98 Å². The molecule has 1 fully saturated rings. The second-order valence-electron chi connectivity index (χ2n) is 5.54. The molecule has 0 saturated carbocycles. The standard InChI is InChI=1S/C17H21N3O2S/c1-22-15-7-3-2-6-13(15)17-19-14(12-23-17)16(21)18-8-11-20-9-4-5-10-20/h2-3,6-7,12H,4-5,8-11H2,1H3,(H,18,21). The number of carbonyl (C=O) groups excluding carboxylic acids is 1. The summed E-state index contributed by atoms with van der Waals surface area (Å²) in [6.07, 6.45) is 2.53. The van der Waals surface area contributed by atoms with E-state index in [0.717, 1.165) is 36.0 Å². The number of para-hydroxylation sites is 1. The Bertz CT molecular complexity index is 665. The highest BCUT2D eigenvalue weighted by Crippen LogP contribution is 2.31. The number of carbonyl (C=O) groups is 1. The second kappa shape index (κ2) is 7.57. The van der Waals surface area contributed by atoms with E-state index in [1.54, 1.807) is 12.5 Å². The van der Waals surface area contributed by atoms with Crippen molar-refractivity contribution in [3.8, 4) is 16.3 Å². The Morgan fingerprint density at radius 2 is 2.13 bits per heavy atom. The van der Waals surface area contributed by atoms with Crippen molar-refractivity contribution in [2.75, 3.05) is 33.3 Å². The van der Waals surface area contributed by atoms with Crippen molar-refractivity contribution in [2.24, 2.45) is 0 Å². The number of hydrogen-bond donors (Lipinski definition) is 1. The number of benzene rings is 1. The van der Waals surface area contributed by atoms with Crippen LogP contribution in [0.2, 0.25) is 0 Å². The van der Waals surface area contributed by atoms with Crippen LogP contribution in [-0.4, -0.2) is 49.1 Å². The number of aromatic nitrogens is 1. The third kappa shape index (κ3) is 3.89.